The molecule has 0 N–H and O–H groups in total. The van der Waals surface area contributed by atoms with E-state index >= 15 is 0 Å². The van der Waals surface area contributed by atoms with Crippen molar-refractivity contribution in [2.45, 2.75) is 56.5 Å². The number of carbonyl (C=O) groups excluding carboxylic acids is 2. The lowest BCUT2D eigenvalue weighted by molar-refractivity contribution is -0.147. The number of esters is 2. The maximum atomic E-state index is 11.8. The Morgan fingerprint density at radius 1 is 1.15 bits per heavy atom. The number of benzene rings is 2. The largest absolute Gasteiger partial charge is 0.489 e. The molecule has 6 atom stereocenters. The van der Waals surface area contributed by atoms with Gasteiger partial charge in [0.2, 0.25) is 0 Å². The van der Waals surface area contributed by atoms with E-state index in [0.29, 0.717) is 24.3 Å². The fourth-order valence-corrected chi connectivity index (χ4v) is 5.38. The highest BCUT2D eigenvalue weighted by Gasteiger charge is 2.51. The molecule has 0 aromatic heterocycles. The maximum Gasteiger partial charge on any atom is 0.305 e. The van der Waals surface area contributed by atoms with Crippen molar-refractivity contribution in [3.8, 4) is 5.75 Å². The summed E-state index contributed by atoms with van der Waals surface area (Å²) >= 11 is 5.99. The van der Waals surface area contributed by atoms with Crippen molar-refractivity contribution in [2.75, 3.05) is 7.11 Å². The number of para-hydroxylation sites is 1. The van der Waals surface area contributed by atoms with Gasteiger partial charge in [-0.25, -0.2) is 0 Å². The summed E-state index contributed by atoms with van der Waals surface area (Å²) in [6.07, 6.45) is 5.32. The van der Waals surface area contributed by atoms with Crippen LogP contribution in [0.3, 0.4) is 0 Å². The summed E-state index contributed by atoms with van der Waals surface area (Å²) < 4.78 is 22.7. The average molecular weight is 483 g/mol. The number of rotatable bonds is 7. The first-order valence-corrected chi connectivity index (χ1v) is 11.9. The zero-order valence-corrected chi connectivity index (χ0v) is 19.9. The molecule has 2 aromatic carbocycles. The van der Waals surface area contributed by atoms with E-state index < -0.39 is 0 Å². The number of fused-ring (bicyclic) bond motifs is 3. The zero-order chi connectivity index (χ0) is 23.8. The SMILES string of the molecule is COC(=O)CCc1cccc2c1O[C@H]1C[C@@H](OC(C)=O)C(/C=C/C3OC3c3ccc(Cl)cc3)[C@@H]21. The van der Waals surface area contributed by atoms with Gasteiger partial charge in [-0.15, -0.1) is 0 Å². The van der Waals surface area contributed by atoms with E-state index in [9.17, 15) is 9.59 Å². The highest BCUT2D eigenvalue weighted by molar-refractivity contribution is 6.30. The third-order valence-corrected chi connectivity index (χ3v) is 7.11. The van der Waals surface area contributed by atoms with Gasteiger partial charge in [0.1, 0.15) is 30.2 Å². The molecule has 2 aliphatic heterocycles. The van der Waals surface area contributed by atoms with Gasteiger partial charge in [-0.3, -0.25) is 9.59 Å². The van der Waals surface area contributed by atoms with Crippen molar-refractivity contribution < 1.29 is 28.5 Å². The molecule has 34 heavy (non-hydrogen) atoms. The molecule has 5 rings (SSSR count). The number of aryl methyl sites for hydroxylation is 1. The molecule has 1 aliphatic carbocycles. The molecule has 178 valence electrons. The van der Waals surface area contributed by atoms with Gasteiger partial charge < -0.3 is 18.9 Å². The molecule has 3 unspecified atom stereocenters. The summed E-state index contributed by atoms with van der Waals surface area (Å²) in [4.78, 5) is 23.4. The topological polar surface area (TPSA) is 74.4 Å². The van der Waals surface area contributed by atoms with Gasteiger partial charge in [-0.2, -0.15) is 0 Å². The van der Waals surface area contributed by atoms with Crippen LogP contribution < -0.4 is 4.74 Å². The summed E-state index contributed by atoms with van der Waals surface area (Å²) in [6, 6.07) is 13.7. The minimum atomic E-state index is -0.294. The fraction of sp³-hybridized carbons (Fsp3) is 0.407. The third kappa shape index (κ3) is 4.57. The molecular formula is C27H27ClO6. The molecular weight excluding hydrogens is 456 g/mol. The Morgan fingerprint density at radius 2 is 1.94 bits per heavy atom. The van der Waals surface area contributed by atoms with E-state index in [-0.39, 0.29) is 48.2 Å². The summed E-state index contributed by atoms with van der Waals surface area (Å²) in [6.45, 7) is 1.44. The number of hydrogen-bond acceptors (Lipinski definition) is 6. The zero-order valence-electron chi connectivity index (χ0n) is 19.1. The van der Waals surface area contributed by atoms with Crippen LogP contribution in [0.25, 0.3) is 0 Å². The molecule has 2 heterocycles. The molecule has 7 heteroatoms. The van der Waals surface area contributed by atoms with Gasteiger partial charge in [-0.05, 0) is 29.7 Å². The van der Waals surface area contributed by atoms with Crippen LogP contribution in [-0.4, -0.2) is 37.4 Å². The normalized spacial score (nSPS) is 28.8. The van der Waals surface area contributed by atoms with Crippen LogP contribution in [-0.2, 0) is 30.2 Å². The smallest absolute Gasteiger partial charge is 0.305 e. The monoisotopic (exact) mass is 482 g/mol. The quantitative estimate of drug-likeness (QED) is 0.316. The summed E-state index contributed by atoms with van der Waals surface area (Å²) in [5, 5.41) is 0.698. The van der Waals surface area contributed by atoms with Crippen molar-refractivity contribution in [2.24, 2.45) is 5.92 Å². The van der Waals surface area contributed by atoms with Crippen LogP contribution in [0.5, 0.6) is 5.75 Å². The van der Waals surface area contributed by atoms with E-state index in [0.717, 1.165) is 22.4 Å². The molecule has 1 saturated heterocycles. The Balaban J connectivity index is 1.36. The van der Waals surface area contributed by atoms with Gasteiger partial charge in [0.05, 0.1) is 7.11 Å². The molecule has 0 bridgehead atoms. The summed E-state index contributed by atoms with van der Waals surface area (Å²) in [5.41, 5.74) is 3.18. The van der Waals surface area contributed by atoms with Gasteiger partial charge in [0.25, 0.3) is 0 Å². The second kappa shape index (κ2) is 9.43. The van der Waals surface area contributed by atoms with E-state index in [2.05, 4.69) is 18.2 Å². The number of hydrogen-bond donors (Lipinski definition) is 0. The summed E-state index contributed by atoms with van der Waals surface area (Å²) in [5.74, 6) is 0.355. The molecule has 2 fully saturated rings. The molecule has 0 spiro atoms. The van der Waals surface area contributed by atoms with Gasteiger partial charge in [0, 0.05) is 42.2 Å². The first-order valence-electron chi connectivity index (χ1n) is 11.6. The molecule has 1 saturated carbocycles. The number of epoxide rings is 1. The van der Waals surface area contributed by atoms with E-state index in [1.165, 1.54) is 14.0 Å². The lowest BCUT2D eigenvalue weighted by Crippen LogP contribution is -2.22. The Labute approximate surface area is 203 Å². The van der Waals surface area contributed by atoms with Crippen LogP contribution in [0.4, 0.5) is 0 Å². The Kier molecular flexibility index (Phi) is 6.36. The predicted octanol–water partition coefficient (Wildman–Crippen LogP) is 4.94. The lowest BCUT2D eigenvalue weighted by Gasteiger charge is -2.21. The van der Waals surface area contributed by atoms with Crippen LogP contribution >= 0.6 is 11.6 Å². The van der Waals surface area contributed by atoms with Crippen molar-refractivity contribution in [3.05, 3.63) is 76.3 Å². The van der Waals surface area contributed by atoms with Crippen molar-refractivity contribution in [1.82, 2.24) is 0 Å². The van der Waals surface area contributed by atoms with E-state index in [4.69, 9.17) is 30.5 Å². The Hall–Kier alpha value is -2.83. The van der Waals surface area contributed by atoms with Crippen molar-refractivity contribution in [1.29, 1.82) is 0 Å². The molecule has 0 amide bonds. The van der Waals surface area contributed by atoms with Crippen LogP contribution in [0.1, 0.15) is 48.5 Å². The van der Waals surface area contributed by atoms with Crippen molar-refractivity contribution in [3.63, 3.8) is 0 Å². The molecule has 0 radical (unpaired) electrons. The van der Waals surface area contributed by atoms with Gasteiger partial charge in [-0.1, -0.05) is 54.1 Å². The first-order chi connectivity index (χ1) is 16.4. The van der Waals surface area contributed by atoms with Crippen LogP contribution in [0, 0.1) is 5.92 Å². The minimum absolute atomic E-state index is 0.00920. The van der Waals surface area contributed by atoms with Gasteiger partial charge in [0.15, 0.2) is 0 Å². The number of ether oxygens (including phenoxy) is 4. The first kappa shape index (κ1) is 22.9. The fourth-order valence-electron chi connectivity index (χ4n) is 5.25. The predicted molar refractivity (Wildman–Crippen MR) is 126 cm³/mol. The van der Waals surface area contributed by atoms with E-state index in [1.54, 1.807) is 0 Å². The summed E-state index contributed by atoms with van der Waals surface area (Å²) in [7, 11) is 1.39. The highest BCUT2D eigenvalue weighted by atomic mass is 35.5. The second-order valence-electron chi connectivity index (χ2n) is 9.01. The molecule has 3 aliphatic rings. The van der Waals surface area contributed by atoms with Crippen LogP contribution in [0.2, 0.25) is 5.02 Å². The molecule has 6 nitrogen and oxygen atoms in total. The Morgan fingerprint density at radius 3 is 2.68 bits per heavy atom. The molecule has 2 aromatic rings. The third-order valence-electron chi connectivity index (χ3n) is 6.86. The maximum absolute atomic E-state index is 11.8. The van der Waals surface area contributed by atoms with Gasteiger partial charge >= 0.3 is 11.9 Å². The average Bonchev–Trinajstić information content (AvgIpc) is 3.39. The van der Waals surface area contributed by atoms with Crippen LogP contribution in [0.15, 0.2) is 54.6 Å². The number of methoxy groups -OCH3 is 1. The number of halogens is 1. The second-order valence-corrected chi connectivity index (χ2v) is 9.45. The standard InChI is InChI=1S/C27H27ClO6/c1-15(29)32-22-14-23-25(20-5-3-4-16(26(20)34-23)8-13-24(30)31-2)19(22)11-12-21-27(33-21)17-6-9-18(28)10-7-17/h3-7,9-12,19,21-23,25,27H,8,13-14H2,1-2H3/b12-11+/t19?,21?,22-,23+,25+,27?/m1/s1. The lowest BCUT2D eigenvalue weighted by atomic mass is 9.86. The number of carbonyl (C=O) groups is 2. The highest BCUT2D eigenvalue weighted by Crippen LogP contribution is 2.53. The Bertz CT molecular complexity index is 1110. The van der Waals surface area contributed by atoms with E-state index in [1.807, 2.05) is 36.4 Å². The minimum Gasteiger partial charge on any atom is -0.489 e. The van der Waals surface area contributed by atoms with Crippen molar-refractivity contribution >= 4 is 23.5 Å².